The molecule has 0 saturated carbocycles. The van der Waals surface area contributed by atoms with Crippen LogP contribution >= 0.6 is 11.8 Å². The summed E-state index contributed by atoms with van der Waals surface area (Å²) >= 11 is 1.80. The fourth-order valence-electron chi connectivity index (χ4n) is 1.10. The molecular weight excluding hydrogens is 156 g/mol. The summed E-state index contributed by atoms with van der Waals surface area (Å²) in [6, 6.07) is 0. The zero-order chi connectivity index (χ0) is 7.84. The molecule has 11 heavy (non-hydrogen) atoms. The van der Waals surface area contributed by atoms with Gasteiger partial charge in [-0.05, 0) is 16.8 Å². The first-order valence-electron chi connectivity index (χ1n) is 3.82. The van der Waals surface area contributed by atoms with E-state index in [0.717, 1.165) is 10.9 Å². The highest BCUT2D eigenvalue weighted by Crippen LogP contribution is 2.23. The van der Waals surface area contributed by atoms with Gasteiger partial charge in [0.15, 0.2) is 5.70 Å². The van der Waals surface area contributed by atoms with Crippen LogP contribution in [0.4, 0.5) is 0 Å². The van der Waals surface area contributed by atoms with E-state index in [1.54, 1.807) is 11.8 Å². The number of aliphatic imine (C=N–C) groups is 1. The first-order chi connectivity index (χ1) is 5.27. The summed E-state index contributed by atoms with van der Waals surface area (Å²) < 4.78 is 2.12. The van der Waals surface area contributed by atoms with Crippen LogP contribution < -0.4 is 0 Å². The molecule has 0 amide bonds. The molecule has 0 saturated heterocycles. The summed E-state index contributed by atoms with van der Waals surface area (Å²) in [5.74, 6) is 1.61. The van der Waals surface area contributed by atoms with Crippen molar-refractivity contribution < 1.29 is 4.58 Å². The summed E-state index contributed by atoms with van der Waals surface area (Å²) in [6.45, 7) is 4.34. The smallest absolute Gasteiger partial charge is 0.196 e. The zero-order valence-corrected chi connectivity index (χ0v) is 7.56. The number of amidine groups is 1. The molecule has 0 unspecified atom stereocenters. The van der Waals surface area contributed by atoms with Gasteiger partial charge in [0.2, 0.25) is 0 Å². The fourth-order valence-corrected chi connectivity index (χ4v) is 1.93. The van der Waals surface area contributed by atoms with Crippen molar-refractivity contribution >= 4 is 23.1 Å². The van der Waals surface area contributed by atoms with E-state index < -0.39 is 0 Å². The van der Waals surface area contributed by atoms with Gasteiger partial charge in [-0.25, -0.2) is 0 Å². The van der Waals surface area contributed by atoms with Crippen molar-refractivity contribution in [2.24, 2.45) is 10.9 Å². The SMILES string of the molecule is CC(C)C1=C[N+]2=CCSC2=N1. The van der Waals surface area contributed by atoms with Gasteiger partial charge in [0.1, 0.15) is 6.20 Å². The maximum absolute atomic E-state index is 4.48. The molecule has 2 aliphatic rings. The number of hydrogen-bond donors (Lipinski definition) is 0. The Morgan fingerprint density at radius 1 is 1.64 bits per heavy atom. The van der Waals surface area contributed by atoms with E-state index in [9.17, 15) is 0 Å². The molecule has 0 spiro atoms. The van der Waals surface area contributed by atoms with Crippen molar-refractivity contribution in [3.05, 3.63) is 11.9 Å². The Hall–Kier alpha value is -0.570. The zero-order valence-electron chi connectivity index (χ0n) is 6.74. The molecule has 2 rings (SSSR count). The van der Waals surface area contributed by atoms with E-state index >= 15 is 0 Å². The first kappa shape index (κ1) is 7.10. The number of allylic oxidation sites excluding steroid dienone is 1. The molecule has 0 atom stereocenters. The molecule has 0 aromatic rings. The minimum atomic E-state index is 0.544. The number of nitrogens with zero attached hydrogens (tertiary/aromatic N) is 2. The molecule has 0 bridgehead atoms. The van der Waals surface area contributed by atoms with Crippen LogP contribution in [-0.2, 0) is 0 Å². The normalized spacial score (nSPS) is 21.5. The van der Waals surface area contributed by atoms with Crippen LogP contribution in [0.2, 0.25) is 0 Å². The predicted octanol–water partition coefficient (Wildman–Crippen LogP) is 1.68. The maximum Gasteiger partial charge on any atom is 0.364 e. The minimum absolute atomic E-state index is 0.544. The highest BCUT2D eigenvalue weighted by atomic mass is 32.2. The van der Waals surface area contributed by atoms with Crippen molar-refractivity contribution in [2.75, 3.05) is 5.75 Å². The van der Waals surface area contributed by atoms with E-state index in [0.29, 0.717) is 5.92 Å². The topological polar surface area (TPSA) is 15.4 Å². The Bertz CT molecular complexity index is 274. The second-order valence-corrected chi connectivity index (χ2v) is 3.99. The summed E-state index contributed by atoms with van der Waals surface area (Å²) in [6.07, 6.45) is 4.29. The van der Waals surface area contributed by atoms with E-state index in [1.165, 1.54) is 5.70 Å². The summed E-state index contributed by atoms with van der Waals surface area (Å²) in [4.78, 5) is 4.48. The third kappa shape index (κ3) is 1.13. The lowest BCUT2D eigenvalue weighted by molar-refractivity contribution is -0.306. The number of fused-ring (bicyclic) bond motifs is 1. The monoisotopic (exact) mass is 167 g/mol. The fraction of sp³-hybridized carbons (Fsp3) is 0.500. The Balaban J connectivity index is 2.31. The van der Waals surface area contributed by atoms with Gasteiger partial charge >= 0.3 is 5.17 Å². The Morgan fingerprint density at radius 2 is 2.45 bits per heavy atom. The molecule has 0 aromatic carbocycles. The summed E-state index contributed by atoms with van der Waals surface area (Å²) in [5.41, 5.74) is 1.20. The molecule has 2 heterocycles. The van der Waals surface area contributed by atoms with E-state index in [1.807, 2.05) is 0 Å². The van der Waals surface area contributed by atoms with Crippen molar-refractivity contribution in [3.8, 4) is 0 Å². The quantitative estimate of drug-likeness (QED) is 0.542. The molecule has 3 heteroatoms. The molecule has 0 fully saturated rings. The average Bonchev–Trinajstić information content (AvgIpc) is 2.40. The van der Waals surface area contributed by atoms with Crippen LogP contribution in [-0.4, -0.2) is 21.7 Å². The molecule has 2 nitrogen and oxygen atoms in total. The molecule has 0 aromatic heterocycles. The van der Waals surface area contributed by atoms with Crippen molar-refractivity contribution in [3.63, 3.8) is 0 Å². The third-order valence-electron chi connectivity index (χ3n) is 1.79. The van der Waals surface area contributed by atoms with Gasteiger partial charge in [-0.15, -0.1) is 0 Å². The van der Waals surface area contributed by atoms with Crippen molar-refractivity contribution in [1.29, 1.82) is 0 Å². The van der Waals surface area contributed by atoms with Crippen LogP contribution in [0.25, 0.3) is 0 Å². The van der Waals surface area contributed by atoms with E-state index in [-0.39, 0.29) is 0 Å². The van der Waals surface area contributed by atoms with Gasteiger partial charge in [-0.3, -0.25) is 0 Å². The predicted molar refractivity (Wildman–Crippen MR) is 49.1 cm³/mol. The lowest BCUT2D eigenvalue weighted by Gasteiger charge is -1.91. The van der Waals surface area contributed by atoms with Gasteiger partial charge in [0.25, 0.3) is 0 Å². The van der Waals surface area contributed by atoms with E-state index in [2.05, 4.69) is 35.8 Å². The molecule has 0 radical (unpaired) electrons. The van der Waals surface area contributed by atoms with Gasteiger partial charge < -0.3 is 0 Å². The van der Waals surface area contributed by atoms with E-state index in [4.69, 9.17) is 0 Å². The van der Waals surface area contributed by atoms with Crippen LogP contribution in [0, 0.1) is 5.92 Å². The van der Waals surface area contributed by atoms with Crippen LogP contribution in [0.15, 0.2) is 16.9 Å². The third-order valence-corrected chi connectivity index (χ3v) is 2.67. The first-order valence-corrected chi connectivity index (χ1v) is 4.81. The van der Waals surface area contributed by atoms with Gasteiger partial charge in [0.05, 0.1) is 12.0 Å². The standard InChI is InChI=1S/C8H11N2S/c1-6(2)7-5-10-3-4-11-8(10)9-7/h3,5-6H,4H2,1-2H3/q+1. The van der Waals surface area contributed by atoms with Crippen molar-refractivity contribution in [1.82, 2.24) is 0 Å². The summed E-state index contributed by atoms with van der Waals surface area (Å²) in [7, 11) is 0. The minimum Gasteiger partial charge on any atom is -0.196 e. The molecule has 0 aliphatic carbocycles. The lowest BCUT2D eigenvalue weighted by Crippen LogP contribution is -2.00. The second-order valence-electron chi connectivity index (χ2n) is 3.00. The Kier molecular flexibility index (Phi) is 1.60. The number of thioether (sulfide) groups is 1. The van der Waals surface area contributed by atoms with Crippen LogP contribution in [0.1, 0.15) is 13.8 Å². The molecule has 2 aliphatic heterocycles. The van der Waals surface area contributed by atoms with Crippen LogP contribution in [0.3, 0.4) is 0 Å². The maximum atomic E-state index is 4.48. The summed E-state index contributed by atoms with van der Waals surface area (Å²) in [5, 5.41) is 1.15. The largest absolute Gasteiger partial charge is 0.364 e. The average molecular weight is 167 g/mol. The lowest BCUT2D eigenvalue weighted by atomic mass is 10.2. The number of rotatable bonds is 1. The van der Waals surface area contributed by atoms with Gasteiger partial charge in [-0.2, -0.15) is 4.58 Å². The Labute approximate surface area is 70.7 Å². The Morgan fingerprint density at radius 3 is 3.09 bits per heavy atom. The molecule has 0 N–H and O–H groups in total. The van der Waals surface area contributed by atoms with Gasteiger partial charge in [0, 0.05) is 5.92 Å². The molecule has 58 valence electrons. The number of hydrogen-bond acceptors (Lipinski definition) is 2. The highest BCUT2D eigenvalue weighted by Gasteiger charge is 2.29. The second kappa shape index (κ2) is 2.48. The van der Waals surface area contributed by atoms with Gasteiger partial charge in [-0.1, -0.05) is 13.8 Å². The van der Waals surface area contributed by atoms with Crippen LogP contribution in [0.5, 0.6) is 0 Å². The highest BCUT2D eigenvalue weighted by molar-refractivity contribution is 8.14. The van der Waals surface area contributed by atoms with Crippen molar-refractivity contribution in [2.45, 2.75) is 13.8 Å². The molecular formula is C8H11N2S+.